The van der Waals surface area contributed by atoms with E-state index in [-0.39, 0.29) is 10.8 Å². The highest BCUT2D eigenvalue weighted by Gasteiger charge is 2.24. The van der Waals surface area contributed by atoms with Crippen molar-refractivity contribution in [1.29, 1.82) is 0 Å². The first-order valence-electron chi connectivity index (χ1n) is 10.3. The summed E-state index contributed by atoms with van der Waals surface area (Å²) in [7, 11) is -0.394. The summed E-state index contributed by atoms with van der Waals surface area (Å²) < 4.78 is 37.7. The van der Waals surface area contributed by atoms with Gasteiger partial charge in [-0.1, -0.05) is 18.9 Å². The van der Waals surface area contributed by atoms with Crippen molar-refractivity contribution in [2.75, 3.05) is 32.6 Å². The molecule has 1 aliphatic rings. The first kappa shape index (κ1) is 22.8. The highest BCUT2D eigenvalue weighted by atomic mass is 32.2. The van der Waals surface area contributed by atoms with Crippen molar-refractivity contribution in [1.82, 2.24) is 4.31 Å². The summed E-state index contributed by atoms with van der Waals surface area (Å²) in [5.41, 5.74) is 1.31. The molecule has 7 nitrogen and oxygen atoms in total. The van der Waals surface area contributed by atoms with E-state index < -0.39 is 10.0 Å². The van der Waals surface area contributed by atoms with Crippen LogP contribution >= 0.6 is 0 Å². The highest BCUT2D eigenvalue weighted by molar-refractivity contribution is 7.89. The summed E-state index contributed by atoms with van der Waals surface area (Å²) >= 11 is 0. The molecule has 0 bridgehead atoms. The Morgan fingerprint density at radius 2 is 1.58 bits per heavy atom. The molecule has 0 spiro atoms. The molecule has 2 aromatic carbocycles. The van der Waals surface area contributed by atoms with Gasteiger partial charge in [-0.15, -0.1) is 0 Å². The van der Waals surface area contributed by atoms with E-state index in [2.05, 4.69) is 5.32 Å². The van der Waals surface area contributed by atoms with Gasteiger partial charge in [0.15, 0.2) is 11.5 Å². The number of nitrogens with zero attached hydrogens (tertiary/aromatic N) is 1. The molecule has 1 heterocycles. The smallest absolute Gasteiger partial charge is 0.248 e. The summed E-state index contributed by atoms with van der Waals surface area (Å²) in [5, 5.41) is 2.74. The number of hydrogen-bond acceptors (Lipinski definition) is 5. The van der Waals surface area contributed by atoms with Gasteiger partial charge < -0.3 is 14.8 Å². The topological polar surface area (TPSA) is 84.9 Å². The fourth-order valence-electron chi connectivity index (χ4n) is 3.45. The predicted octanol–water partition coefficient (Wildman–Crippen LogP) is 3.92. The lowest BCUT2D eigenvalue weighted by Gasteiger charge is -2.20. The molecule has 8 heteroatoms. The molecule has 31 heavy (non-hydrogen) atoms. The molecule has 0 unspecified atom stereocenters. The van der Waals surface area contributed by atoms with Crippen molar-refractivity contribution in [2.24, 2.45) is 0 Å². The minimum absolute atomic E-state index is 0.244. The zero-order valence-electron chi connectivity index (χ0n) is 17.8. The van der Waals surface area contributed by atoms with Crippen molar-refractivity contribution in [3.8, 4) is 11.5 Å². The number of amides is 1. The van der Waals surface area contributed by atoms with Crippen LogP contribution < -0.4 is 14.8 Å². The Kier molecular flexibility index (Phi) is 7.70. The lowest BCUT2D eigenvalue weighted by molar-refractivity contribution is -0.111. The summed E-state index contributed by atoms with van der Waals surface area (Å²) in [5.74, 6) is 0.864. The fraction of sp³-hybridized carbons (Fsp3) is 0.348. The third-order valence-electron chi connectivity index (χ3n) is 5.16. The van der Waals surface area contributed by atoms with Crippen LogP contribution in [0.25, 0.3) is 6.08 Å². The first-order valence-corrected chi connectivity index (χ1v) is 11.7. The average Bonchev–Trinajstić information content (AvgIpc) is 3.08. The SMILES string of the molecule is COc1ccc(C=CC(=O)Nc2ccc(S(=O)(=O)N3CCCCCC3)cc2)cc1OC. The molecule has 0 aliphatic carbocycles. The van der Waals surface area contributed by atoms with Crippen LogP contribution in [0, 0.1) is 0 Å². The number of benzene rings is 2. The maximum absolute atomic E-state index is 12.8. The van der Waals surface area contributed by atoms with Crippen molar-refractivity contribution >= 4 is 27.7 Å². The molecule has 0 aromatic heterocycles. The monoisotopic (exact) mass is 444 g/mol. The average molecular weight is 445 g/mol. The largest absolute Gasteiger partial charge is 0.493 e. The quantitative estimate of drug-likeness (QED) is 0.655. The fourth-order valence-corrected chi connectivity index (χ4v) is 4.97. The van der Waals surface area contributed by atoms with Gasteiger partial charge in [0.25, 0.3) is 0 Å². The number of carbonyl (C=O) groups is 1. The van der Waals surface area contributed by atoms with Crippen LogP contribution in [0.15, 0.2) is 53.4 Å². The number of anilines is 1. The van der Waals surface area contributed by atoms with Gasteiger partial charge in [0.05, 0.1) is 19.1 Å². The minimum atomic E-state index is -3.50. The van der Waals surface area contributed by atoms with E-state index in [1.165, 1.54) is 18.2 Å². The number of sulfonamides is 1. The first-order chi connectivity index (χ1) is 14.9. The second-order valence-corrected chi connectivity index (χ2v) is 9.22. The molecule has 0 atom stereocenters. The van der Waals surface area contributed by atoms with Gasteiger partial charge in [-0.2, -0.15) is 4.31 Å². The third-order valence-corrected chi connectivity index (χ3v) is 7.07. The Bertz CT molecular complexity index is 1020. The van der Waals surface area contributed by atoms with E-state index in [0.29, 0.717) is 30.3 Å². The predicted molar refractivity (Wildman–Crippen MR) is 121 cm³/mol. The van der Waals surface area contributed by atoms with Crippen LogP contribution in [0.3, 0.4) is 0 Å². The third kappa shape index (κ3) is 5.86. The summed E-state index contributed by atoms with van der Waals surface area (Å²) in [6.45, 7) is 1.11. The molecule has 1 fully saturated rings. The molecule has 1 amide bonds. The van der Waals surface area contributed by atoms with Crippen molar-refractivity contribution in [3.05, 3.63) is 54.1 Å². The lowest BCUT2D eigenvalue weighted by Crippen LogP contribution is -2.31. The summed E-state index contributed by atoms with van der Waals surface area (Å²) in [6, 6.07) is 11.6. The Hall–Kier alpha value is -2.84. The Labute approximate surface area is 183 Å². The van der Waals surface area contributed by atoms with Gasteiger partial charge in [-0.3, -0.25) is 4.79 Å². The molecule has 3 rings (SSSR count). The van der Waals surface area contributed by atoms with E-state index in [1.807, 2.05) is 6.07 Å². The Morgan fingerprint density at radius 3 is 2.19 bits per heavy atom. The maximum atomic E-state index is 12.8. The van der Waals surface area contributed by atoms with Crippen LogP contribution in [0.4, 0.5) is 5.69 Å². The van der Waals surface area contributed by atoms with Gasteiger partial charge in [0, 0.05) is 24.9 Å². The van der Waals surface area contributed by atoms with Gasteiger partial charge in [0.1, 0.15) is 0 Å². The van der Waals surface area contributed by atoms with Crippen molar-refractivity contribution in [2.45, 2.75) is 30.6 Å². The summed E-state index contributed by atoms with van der Waals surface area (Å²) in [6.07, 6.45) is 6.97. The number of nitrogens with one attached hydrogen (secondary N) is 1. The molecular formula is C23H28N2O5S. The molecule has 1 aliphatic heterocycles. The highest BCUT2D eigenvalue weighted by Crippen LogP contribution is 2.28. The number of rotatable bonds is 7. The molecule has 0 saturated carbocycles. The maximum Gasteiger partial charge on any atom is 0.248 e. The van der Waals surface area contributed by atoms with Crippen LogP contribution in [0.2, 0.25) is 0 Å². The second-order valence-electron chi connectivity index (χ2n) is 7.28. The number of ether oxygens (including phenoxy) is 2. The van der Waals surface area contributed by atoms with Crippen LogP contribution in [-0.2, 0) is 14.8 Å². The van der Waals surface area contributed by atoms with Gasteiger partial charge in [-0.05, 0) is 60.9 Å². The Morgan fingerprint density at radius 1 is 0.935 bits per heavy atom. The second kappa shape index (κ2) is 10.5. The van der Waals surface area contributed by atoms with Crippen LogP contribution in [-0.4, -0.2) is 45.9 Å². The van der Waals surface area contributed by atoms with Gasteiger partial charge in [-0.25, -0.2) is 8.42 Å². The lowest BCUT2D eigenvalue weighted by atomic mass is 10.2. The number of methoxy groups -OCH3 is 2. The minimum Gasteiger partial charge on any atom is -0.493 e. The molecule has 166 valence electrons. The van der Waals surface area contributed by atoms with Crippen molar-refractivity contribution in [3.63, 3.8) is 0 Å². The normalized spacial score (nSPS) is 15.4. The molecule has 0 radical (unpaired) electrons. The van der Waals surface area contributed by atoms with Crippen LogP contribution in [0.5, 0.6) is 11.5 Å². The Balaban J connectivity index is 1.64. The van der Waals surface area contributed by atoms with Crippen molar-refractivity contribution < 1.29 is 22.7 Å². The zero-order chi connectivity index (χ0) is 22.3. The van der Waals surface area contributed by atoms with Gasteiger partial charge in [0.2, 0.25) is 15.9 Å². The van der Waals surface area contributed by atoms with E-state index in [9.17, 15) is 13.2 Å². The molecule has 1 saturated heterocycles. The summed E-state index contributed by atoms with van der Waals surface area (Å²) in [4.78, 5) is 12.5. The van der Waals surface area contributed by atoms with Crippen LogP contribution in [0.1, 0.15) is 31.2 Å². The zero-order valence-corrected chi connectivity index (χ0v) is 18.7. The van der Waals surface area contributed by atoms with E-state index >= 15 is 0 Å². The van der Waals surface area contributed by atoms with E-state index in [1.54, 1.807) is 48.9 Å². The standard InChI is InChI=1S/C23H28N2O5S/c1-29-21-13-7-18(17-22(21)30-2)8-14-23(26)24-19-9-11-20(12-10-19)31(27,28)25-15-5-3-4-6-16-25/h7-14,17H,3-6,15-16H2,1-2H3,(H,24,26). The van der Waals surface area contributed by atoms with E-state index in [0.717, 1.165) is 31.2 Å². The molecule has 2 aromatic rings. The number of carbonyl (C=O) groups excluding carboxylic acids is 1. The van der Waals surface area contributed by atoms with E-state index in [4.69, 9.17) is 9.47 Å². The molecule has 1 N–H and O–H groups in total. The van der Waals surface area contributed by atoms with Gasteiger partial charge >= 0.3 is 0 Å². The molecular weight excluding hydrogens is 416 g/mol. The number of hydrogen-bond donors (Lipinski definition) is 1.